The fraction of sp³-hybridized carbons (Fsp3) is 0.429. The fourth-order valence-electron chi connectivity index (χ4n) is 2.66. The van der Waals surface area contributed by atoms with Crippen LogP contribution in [0.25, 0.3) is 0 Å². The molecule has 2 aliphatic rings. The quantitative estimate of drug-likeness (QED) is 0.845. The number of pyridine rings is 1. The zero-order valence-electron chi connectivity index (χ0n) is 10.3. The number of thiocarbonyl (C=S) groups is 1. The number of aromatic nitrogens is 1. The number of rotatable bonds is 3. The number of fused-ring (bicyclic) bond motifs is 1. The predicted molar refractivity (Wildman–Crippen MR) is 75.2 cm³/mol. The van der Waals surface area contributed by atoms with Crippen LogP contribution < -0.4 is 10.6 Å². The van der Waals surface area contributed by atoms with Gasteiger partial charge in [0.25, 0.3) is 0 Å². The van der Waals surface area contributed by atoms with Gasteiger partial charge in [0.2, 0.25) is 0 Å². The molecule has 1 N–H and O–H groups in total. The monoisotopic (exact) mass is 258 g/mol. The molecule has 0 aromatic carbocycles. The van der Waals surface area contributed by atoms with Gasteiger partial charge in [-0.05, 0) is 67.9 Å². The zero-order valence-corrected chi connectivity index (χ0v) is 11.1. The van der Waals surface area contributed by atoms with E-state index in [-0.39, 0.29) is 0 Å². The largest absolute Gasteiger partial charge is 0.336 e. The van der Waals surface area contributed by atoms with E-state index in [0.29, 0.717) is 5.11 Å². The van der Waals surface area contributed by atoms with E-state index in [2.05, 4.69) is 21.7 Å². The van der Waals surface area contributed by atoms with E-state index in [9.17, 15) is 0 Å². The van der Waals surface area contributed by atoms with Crippen LogP contribution in [0.5, 0.6) is 0 Å². The van der Waals surface area contributed by atoms with Crippen molar-refractivity contribution in [3.8, 4) is 0 Å². The summed E-state index contributed by atoms with van der Waals surface area (Å²) in [7, 11) is 0. The lowest BCUT2D eigenvalue weighted by Crippen LogP contribution is -2.16. The molecule has 3 nitrogen and oxygen atoms in total. The van der Waals surface area contributed by atoms with Crippen molar-refractivity contribution in [3.05, 3.63) is 41.0 Å². The Kier molecular flexibility index (Phi) is 3.28. The first-order valence-electron chi connectivity index (χ1n) is 6.50. The molecule has 93 valence electrons. The molecule has 1 aromatic rings. The number of nitrogens with zero attached hydrogens (tertiary/aromatic N) is 2. The van der Waals surface area contributed by atoms with Crippen LogP contribution in [0, 0.1) is 0 Å². The van der Waals surface area contributed by atoms with Crippen LogP contribution in [-0.4, -0.2) is 10.1 Å². The molecule has 2 heterocycles. The molecule has 1 aliphatic heterocycles. The highest BCUT2D eigenvalue weighted by Gasteiger charge is 2.15. The number of nitrogens with one attached hydrogen (secondary N) is 1. The van der Waals surface area contributed by atoms with E-state index in [0.717, 1.165) is 25.0 Å². The molecule has 0 bridgehead atoms. The third kappa shape index (κ3) is 2.38. The van der Waals surface area contributed by atoms with Crippen molar-refractivity contribution in [1.82, 2.24) is 15.6 Å². The fourth-order valence-corrected chi connectivity index (χ4v) is 2.84. The van der Waals surface area contributed by atoms with Crippen molar-refractivity contribution in [2.24, 2.45) is 0 Å². The topological polar surface area (TPSA) is 39.0 Å². The van der Waals surface area contributed by atoms with Gasteiger partial charge in [0.15, 0.2) is 5.11 Å². The summed E-state index contributed by atoms with van der Waals surface area (Å²) >= 11 is 4.98. The first-order valence-corrected chi connectivity index (χ1v) is 6.90. The Morgan fingerprint density at radius 3 is 2.94 bits per heavy atom. The van der Waals surface area contributed by atoms with E-state index >= 15 is 0 Å². The maximum Gasteiger partial charge on any atom is 0.197 e. The van der Waals surface area contributed by atoms with Gasteiger partial charge >= 0.3 is 0 Å². The van der Waals surface area contributed by atoms with Gasteiger partial charge in [-0.2, -0.15) is 0 Å². The average molecular weight is 258 g/mol. The van der Waals surface area contributed by atoms with Crippen molar-refractivity contribution >= 4 is 17.3 Å². The van der Waals surface area contributed by atoms with Gasteiger partial charge in [-0.1, -0.05) is 0 Å². The second kappa shape index (κ2) is 5.06. The lowest BCUT2D eigenvalue weighted by molar-refractivity contribution is 0.658. The summed E-state index contributed by atoms with van der Waals surface area (Å²) in [5.41, 5.74) is 5.29. The Bertz CT molecular complexity index is 508. The van der Waals surface area contributed by atoms with Crippen molar-refractivity contribution in [3.63, 3.8) is 0 Å². The van der Waals surface area contributed by atoms with E-state index in [1.54, 1.807) is 0 Å². The number of allylic oxidation sites excluding steroid dienone is 1. The molecule has 3 rings (SSSR count). The maximum atomic E-state index is 4.98. The normalized spacial score (nSPS) is 17.8. The van der Waals surface area contributed by atoms with Crippen molar-refractivity contribution in [1.29, 1.82) is 0 Å². The van der Waals surface area contributed by atoms with E-state index in [1.807, 2.05) is 12.4 Å². The number of hydrogen-bond acceptors (Lipinski definition) is 2. The van der Waals surface area contributed by atoms with Gasteiger partial charge < -0.3 is 5.32 Å². The minimum absolute atomic E-state index is 0.585. The summed E-state index contributed by atoms with van der Waals surface area (Å²) in [6, 6.07) is 2.16. The molecule has 1 aliphatic carbocycles. The van der Waals surface area contributed by atoms with Crippen molar-refractivity contribution < 1.29 is 0 Å². The predicted octanol–water partition coefficient (Wildman–Crippen LogP) is 2.23. The Morgan fingerprint density at radius 2 is 2.11 bits per heavy atom. The third-order valence-corrected chi connectivity index (χ3v) is 3.80. The molecule has 1 radical (unpaired) electrons. The molecule has 0 spiro atoms. The zero-order chi connectivity index (χ0) is 12.4. The SMILES string of the molecule is S=C1[N]C(CCc2ccnc3c2CCCC3)=CN1. The van der Waals surface area contributed by atoms with E-state index < -0.39 is 0 Å². The highest BCUT2D eigenvalue weighted by atomic mass is 32.1. The van der Waals surface area contributed by atoms with Crippen LogP contribution >= 0.6 is 12.2 Å². The average Bonchev–Trinajstić information content (AvgIpc) is 2.82. The summed E-state index contributed by atoms with van der Waals surface area (Å²) in [5.74, 6) is 0. The minimum Gasteiger partial charge on any atom is -0.336 e. The summed E-state index contributed by atoms with van der Waals surface area (Å²) in [6.07, 6.45) is 10.7. The van der Waals surface area contributed by atoms with Gasteiger partial charge in [-0.3, -0.25) is 4.98 Å². The van der Waals surface area contributed by atoms with Crippen LogP contribution in [0.15, 0.2) is 24.2 Å². The second-order valence-electron chi connectivity index (χ2n) is 4.80. The third-order valence-electron chi connectivity index (χ3n) is 3.59. The molecule has 0 unspecified atom stereocenters. The number of hydrogen-bond donors (Lipinski definition) is 1. The van der Waals surface area contributed by atoms with Gasteiger partial charge in [0.1, 0.15) is 0 Å². The summed E-state index contributed by atoms with van der Waals surface area (Å²) < 4.78 is 0. The molecular formula is C14H16N3S. The first kappa shape index (κ1) is 11.7. The standard InChI is InChI=1S/C14H16N3S/c18-14-16-9-11(17-14)6-5-10-7-8-15-13-4-2-1-3-12(10)13/h7-9H,1-6H2,(H,16,18). The minimum atomic E-state index is 0.585. The summed E-state index contributed by atoms with van der Waals surface area (Å²) in [6.45, 7) is 0. The summed E-state index contributed by atoms with van der Waals surface area (Å²) in [5, 5.41) is 7.82. The van der Waals surface area contributed by atoms with Crippen LogP contribution in [0.4, 0.5) is 0 Å². The molecule has 4 heteroatoms. The molecule has 0 saturated heterocycles. The molecular weight excluding hydrogens is 242 g/mol. The molecule has 0 amide bonds. The van der Waals surface area contributed by atoms with Crippen molar-refractivity contribution in [2.75, 3.05) is 0 Å². The van der Waals surface area contributed by atoms with Crippen LogP contribution in [-0.2, 0) is 19.3 Å². The first-order chi connectivity index (χ1) is 8.83. The highest BCUT2D eigenvalue weighted by molar-refractivity contribution is 7.80. The van der Waals surface area contributed by atoms with E-state index in [1.165, 1.54) is 36.1 Å². The number of aryl methyl sites for hydroxylation is 2. The molecule has 0 fully saturated rings. The van der Waals surface area contributed by atoms with Crippen LogP contribution in [0.1, 0.15) is 36.1 Å². The van der Waals surface area contributed by atoms with Crippen LogP contribution in [0.2, 0.25) is 0 Å². The molecule has 18 heavy (non-hydrogen) atoms. The Balaban J connectivity index is 1.71. The molecule has 0 atom stereocenters. The van der Waals surface area contributed by atoms with Crippen molar-refractivity contribution in [2.45, 2.75) is 38.5 Å². The van der Waals surface area contributed by atoms with E-state index in [4.69, 9.17) is 12.2 Å². The van der Waals surface area contributed by atoms with Gasteiger partial charge in [0.05, 0.1) is 5.70 Å². The summed E-state index contributed by atoms with van der Waals surface area (Å²) in [4.78, 5) is 4.50. The smallest absolute Gasteiger partial charge is 0.197 e. The van der Waals surface area contributed by atoms with Crippen LogP contribution in [0.3, 0.4) is 0 Å². The maximum absolute atomic E-state index is 4.98. The molecule has 1 aromatic heterocycles. The second-order valence-corrected chi connectivity index (χ2v) is 5.19. The Labute approximate surface area is 113 Å². The Morgan fingerprint density at radius 1 is 1.22 bits per heavy atom. The molecule has 0 saturated carbocycles. The lowest BCUT2D eigenvalue weighted by Gasteiger charge is -2.18. The van der Waals surface area contributed by atoms with Gasteiger partial charge in [-0.15, -0.1) is 0 Å². The van der Waals surface area contributed by atoms with Gasteiger partial charge in [-0.25, -0.2) is 5.32 Å². The lowest BCUT2D eigenvalue weighted by atomic mass is 9.90. The van der Waals surface area contributed by atoms with Gasteiger partial charge in [0, 0.05) is 18.1 Å². The Hall–Kier alpha value is -1.42. The highest BCUT2D eigenvalue weighted by Crippen LogP contribution is 2.24.